The molecular formula is C14H11N3O5. The van der Waals surface area contributed by atoms with Gasteiger partial charge < -0.3 is 19.6 Å². The van der Waals surface area contributed by atoms with Crippen LogP contribution in [-0.4, -0.2) is 22.1 Å². The van der Waals surface area contributed by atoms with E-state index >= 15 is 0 Å². The highest BCUT2D eigenvalue weighted by molar-refractivity contribution is 5.77. The van der Waals surface area contributed by atoms with Gasteiger partial charge in [-0.1, -0.05) is 0 Å². The molecule has 8 heteroatoms. The van der Waals surface area contributed by atoms with Crippen molar-refractivity contribution in [2.45, 2.75) is 0 Å². The summed E-state index contributed by atoms with van der Waals surface area (Å²) >= 11 is 0. The van der Waals surface area contributed by atoms with Crippen molar-refractivity contribution >= 4 is 28.5 Å². The molecule has 0 aliphatic heterocycles. The van der Waals surface area contributed by atoms with Crippen molar-refractivity contribution in [1.29, 1.82) is 0 Å². The maximum Gasteiger partial charge on any atom is 0.300 e. The molecule has 22 heavy (non-hydrogen) atoms. The molecule has 2 aromatic carbocycles. The van der Waals surface area contributed by atoms with Gasteiger partial charge in [0.25, 0.3) is 11.7 Å². The van der Waals surface area contributed by atoms with Crippen molar-refractivity contribution < 1.29 is 19.2 Å². The first kappa shape index (κ1) is 13.7. The van der Waals surface area contributed by atoms with Crippen LogP contribution in [0.5, 0.6) is 11.5 Å². The van der Waals surface area contributed by atoms with Crippen LogP contribution in [0.2, 0.25) is 0 Å². The summed E-state index contributed by atoms with van der Waals surface area (Å²) in [6.07, 6.45) is 0. The quantitative estimate of drug-likeness (QED) is 0.562. The Morgan fingerprint density at radius 2 is 2.14 bits per heavy atom. The number of fused-ring (bicyclic) bond motifs is 1. The van der Waals surface area contributed by atoms with Gasteiger partial charge >= 0.3 is 0 Å². The van der Waals surface area contributed by atoms with E-state index in [4.69, 9.17) is 9.15 Å². The van der Waals surface area contributed by atoms with Crippen molar-refractivity contribution in [3.05, 3.63) is 46.5 Å². The van der Waals surface area contributed by atoms with Crippen molar-refractivity contribution in [1.82, 2.24) is 4.98 Å². The average Bonchev–Trinajstić information content (AvgIpc) is 2.88. The summed E-state index contributed by atoms with van der Waals surface area (Å²) in [5.41, 5.74) is 1.39. The van der Waals surface area contributed by atoms with Crippen LogP contribution in [0, 0.1) is 10.1 Å². The minimum Gasteiger partial charge on any atom is -0.508 e. The van der Waals surface area contributed by atoms with Crippen LogP contribution in [0.15, 0.2) is 40.8 Å². The van der Waals surface area contributed by atoms with Gasteiger partial charge in [0.2, 0.25) is 0 Å². The van der Waals surface area contributed by atoms with Crippen LogP contribution >= 0.6 is 0 Å². The van der Waals surface area contributed by atoms with Gasteiger partial charge in [-0.15, -0.1) is 0 Å². The number of nitro groups is 1. The molecule has 0 spiro atoms. The van der Waals surface area contributed by atoms with Crippen LogP contribution in [0.1, 0.15) is 0 Å². The summed E-state index contributed by atoms with van der Waals surface area (Å²) in [6.45, 7) is 0. The zero-order chi connectivity index (χ0) is 15.7. The number of phenolic OH excluding ortho intramolecular Hbond substituents is 1. The molecular weight excluding hydrogens is 290 g/mol. The molecule has 8 nitrogen and oxygen atoms in total. The second-order valence-corrected chi connectivity index (χ2v) is 4.44. The number of nitrogens with zero attached hydrogens (tertiary/aromatic N) is 2. The number of benzene rings is 2. The largest absolute Gasteiger partial charge is 0.508 e. The predicted molar refractivity (Wildman–Crippen MR) is 78.6 cm³/mol. The summed E-state index contributed by atoms with van der Waals surface area (Å²) in [5.74, 6) is 0.375. The molecule has 2 N–H and O–H groups in total. The van der Waals surface area contributed by atoms with E-state index in [1.165, 1.54) is 37.4 Å². The monoisotopic (exact) mass is 301 g/mol. The fraction of sp³-hybridized carbons (Fsp3) is 0.0714. The number of rotatable bonds is 4. The van der Waals surface area contributed by atoms with E-state index < -0.39 is 4.92 Å². The van der Waals surface area contributed by atoms with Crippen molar-refractivity contribution in [2.75, 3.05) is 12.4 Å². The fourth-order valence-corrected chi connectivity index (χ4v) is 1.98. The van der Waals surface area contributed by atoms with Gasteiger partial charge in [0.05, 0.1) is 23.8 Å². The van der Waals surface area contributed by atoms with Gasteiger partial charge in [-0.05, 0) is 18.2 Å². The highest BCUT2D eigenvalue weighted by Gasteiger charge is 2.14. The Labute approximate surface area is 124 Å². The number of hydrogen-bond acceptors (Lipinski definition) is 7. The molecule has 0 unspecified atom stereocenters. The van der Waals surface area contributed by atoms with Gasteiger partial charge in [-0.2, -0.15) is 4.98 Å². The molecule has 0 radical (unpaired) electrons. The SMILES string of the molecule is COc1cc([N+](=O)[O-])ccc1Nc1nc2cc(O)ccc2o1. The molecule has 0 aliphatic rings. The smallest absolute Gasteiger partial charge is 0.300 e. The van der Waals surface area contributed by atoms with E-state index in [9.17, 15) is 15.2 Å². The molecule has 112 valence electrons. The molecule has 3 aromatic rings. The first-order valence-corrected chi connectivity index (χ1v) is 6.26. The summed E-state index contributed by atoms with van der Waals surface area (Å²) in [4.78, 5) is 14.4. The number of aromatic nitrogens is 1. The number of hydrogen-bond donors (Lipinski definition) is 2. The molecule has 0 amide bonds. The Hall–Kier alpha value is -3.29. The number of non-ortho nitro benzene ring substituents is 1. The Bertz CT molecular complexity index is 859. The molecule has 1 aromatic heterocycles. The second-order valence-electron chi connectivity index (χ2n) is 4.44. The van der Waals surface area contributed by atoms with Gasteiger partial charge in [-0.25, -0.2) is 0 Å². The third kappa shape index (κ3) is 2.49. The third-order valence-electron chi connectivity index (χ3n) is 3.01. The van der Waals surface area contributed by atoms with E-state index in [0.29, 0.717) is 22.5 Å². The fourth-order valence-electron chi connectivity index (χ4n) is 1.98. The lowest BCUT2D eigenvalue weighted by atomic mass is 10.2. The second kappa shape index (κ2) is 5.24. The topological polar surface area (TPSA) is 111 Å². The lowest BCUT2D eigenvalue weighted by Gasteiger charge is -2.07. The lowest BCUT2D eigenvalue weighted by molar-refractivity contribution is -0.384. The zero-order valence-electron chi connectivity index (χ0n) is 11.4. The summed E-state index contributed by atoms with van der Waals surface area (Å²) < 4.78 is 10.6. The normalized spacial score (nSPS) is 10.6. The Morgan fingerprint density at radius 1 is 1.32 bits per heavy atom. The number of methoxy groups -OCH3 is 1. The number of ether oxygens (including phenoxy) is 1. The number of nitrogens with one attached hydrogen (secondary N) is 1. The van der Waals surface area contributed by atoms with Gasteiger partial charge in [0.15, 0.2) is 5.58 Å². The number of anilines is 2. The van der Waals surface area contributed by atoms with Gasteiger partial charge in [0.1, 0.15) is 17.0 Å². The Balaban J connectivity index is 1.95. The minimum absolute atomic E-state index is 0.0788. The van der Waals surface area contributed by atoms with Crippen LogP contribution in [0.4, 0.5) is 17.4 Å². The molecule has 1 heterocycles. The number of phenols is 1. The van der Waals surface area contributed by atoms with E-state index in [0.717, 1.165) is 0 Å². The van der Waals surface area contributed by atoms with Crippen LogP contribution in [0.3, 0.4) is 0 Å². The molecule has 0 saturated heterocycles. The molecule has 3 rings (SSSR count). The third-order valence-corrected chi connectivity index (χ3v) is 3.01. The van der Waals surface area contributed by atoms with E-state index in [2.05, 4.69) is 10.3 Å². The van der Waals surface area contributed by atoms with Crippen molar-refractivity contribution in [3.8, 4) is 11.5 Å². The van der Waals surface area contributed by atoms with Crippen LogP contribution in [0.25, 0.3) is 11.1 Å². The molecule has 0 saturated carbocycles. The zero-order valence-corrected chi connectivity index (χ0v) is 11.4. The average molecular weight is 301 g/mol. The van der Waals surface area contributed by atoms with E-state index in [-0.39, 0.29) is 17.5 Å². The Kier molecular flexibility index (Phi) is 3.26. The molecule has 0 fully saturated rings. The van der Waals surface area contributed by atoms with E-state index in [1.54, 1.807) is 6.07 Å². The molecule has 0 aliphatic carbocycles. The lowest BCUT2D eigenvalue weighted by Crippen LogP contribution is -1.96. The first-order chi connectivity index (χ1) is 10.6. The van der Waals surface area contributed by atoms with Gasteiger partial charge in [-0.3, -0.25) is 10.1 Å². The first-order valence-electron chi connectivity index (χ1n) is 6.26. The highest BCUT2D eigenvalue weighted by Crippen LogP contribution is 2.32. The summed E-state index contributed by atoms with van der Waals surface area (Å²) in [5, 5.41) is 23.1. The van der Waals surface area contributed by atoms with Gasteiger partial charge in [0, 0.05) is 12.1 Å². The van der Waals surface area contributed by atoms with E-state index in [1.807, 2.05) is 0 Å². The van der Waals surface area contributed by atoms with Crippen molar-refractivity contribution in [2.24, 2.45) is 0 Å². The molecule has 0 atom stereocenters. The predicted octanol–water partition coefficient (Wildman–Crippen LogP) is 3.19. The Morgan fingerprint density at radius 3 is 2.86 bits per heavy atom. The standard InChI is InChI=1S/C14H11N3O5/c1-21-13-6-8(17(19)20)2-4-10(13)15-14-16-11-7-9(18)3-5-12(11)22-14/h2-7,18H,1H3,(H,15,16). The minimum atomic E-state index is -0.505. The maximum atomic E-state index is 10.8. The van der Waals surface area contributed by atoms with Crippen LogP contribution < -0.4 is 10.1 Å². The summed E-state index contributed by atoms with van der Waals surface area (Å²) in [6, 6.07) is 8.89. The van der Waals surface area contributed by atoms with Crippen molar-refractivity contribution in [3.63, 3.8) is 0 Å². The van der Waals surface area contributed by atoms with Crippen LogP contribution in [-0.2, 0) is 0 Å². The molecule has 0 bridgehead atoms. The number of nitro benzene ring substituents is 1. The number of aromatic hydroxyl groups is 1. The maximum absolute atomic E-state index is 10.8. The highest BCUT2D eigenvalue weighted by atomic mass is 16.6. The summed E-state index contributed by atoms with van der Waals surface area (Å²) in [7, 11) is 1.41. The number of oxazole rings is 1.